The lowest BCUT2D eigenvalue weighted by Gasteiger charge is -2.31. The second-order valence-electron chi connectivity index (χ2n) is 6.97. The Kier molecular flexibility index (Phi) is 5.02. The van der Waals surface area contributed by atoms with E-state index in [-0.39, 0.29) is 11.3 Å². The van der Waals surface area contributed by atoms with Crippen LogP contribution in [-0.4, -0.2) is 40.7 Å². The molecule has 2 aromatic carbocycles. The zero-order valence-corrected chi connectivity index (χ0v) is 16.5. The summed E-state index contributed by atoms with van der Waals surface area (Å²) in [5.41, 5.74) is -0.977. The molecule has 0 radical (unpaired) electrons. The normalized spacial score (nSPS) is 20.8. The van der Waals surface area contributed by atoms with Gasteiger partial charge in [0.05, 0.1) is 7.11 Å². The Morgan fingerprint density at radius 1 is 1.03 bits per heavy atom. The van der Waals surface area contributed by atoms with E-state index in [1.165, 1.54) is 12.1 Å². The van der Waals surface area contributed by atoms with Crippen molar-refractivity contribution in [3.05, 3.63) is 70.3 Å². The number of para-hydroxylation sites is 1. The van der Waals surface area contributed by atoms with Crippen LogP contribution < -0.4 is 4.90 Å². The van der Waals surface area contributed by atoms with Gasteiger partial charge in [0.2, 0.25) is 0 Å². The van der Waals surface area contributed by atoms with Crippen molar-refractivity contribution in [2.45, 2.75) is 26.5 Å². The van der Waals surface area contributed by atoms with E-state index in [0.29, 0.717) is 16.0 Å². The lowest BCUT2D eigenvalue weighted by molar-refractivity contribution is -0.158. The average Bonchev–Trinajstić information content (AvgIpc) is 2.87. The summed E-state index contributed by atoms with van der Waals surface area (Å²) in [5, 5.41) is 22.4. The van der Waals surface area contributed by atoms with Gasteiger partial charge >= 0.3 is 11.9 Å². The highest BCUT2D eigenvalue weighted by Gasteiger charge is 2.62. The number of amides is 1. The Balaban J connectivity index is 2.36. The molecular weight excluding hydrogens is 374 g/mol. The van der Waals surface area contributed by atoms with Gasteiger partial charge < -0.3 is 14.9 Å². The number of carbonyl (C=O) groups is 3. The largest absolute Gasteiger partial charge is 0.507 e. The fraction of sp³-hybridized carbons (Fsp3) is 0.227. The summed E-state index contributed by atoms with van der Waals surface area (Å²) in [6.07, 6.45) is 0. The van der Waals surface area contributed by atoms with Crippen LogP contribution >= 0.6 is 0 Å². The maximum absolute atomic E-state index is 12.9. The van der Waals surface area contributed by atoms with E-state index in [0.717, 1.165) is 12.7 Å². The van der Waals surface area contributed by atoms with Gasteiger partial charge in [0.15, 0.2) is 0 Å². The number of anilines is 1. The third-order valence-electron chi connectivity index (χ3n) is 4.93. The molecule has 7 heteroatoms. The highest BCUT2D eigenvalue weighted by Crippen LogP contribution is 2.40. The Bertz CT molecular complexity index is 1030. The number of esters is 1. The van der Waals surface area contributed by atoms with Gasteiger partial charge in [-0.25, -0.2) is 4.79 Å². The number of Topliss-reactive ketones (excluding diaryl/α,β-unsaturated/α-hetero) is 1. The number of aliphatic hydroxyl groups is 2. The van der Waals surface area contributed by atoms with Crippen LogP contribution in [0, 0.1) is 20.8 Å². The molecule has 1 aliphatic heterocycles. The van der Waals surface area contributed by atoms with Crippen molar-refractivity contribution in [1.29, 1.82) is 0 Å². The van der Waals surface area contributed by atoms with Crippen molar-refractivity contribution in [2.24, 2.45) is 0 Å². The first-order valence-electron chi connectivity index (χ1n) is 8.91. The van der Waals surface area contributed by atoms with Gasteiger partial charge in [0.1, 0.15) is 11.3 Å². The van der Waals surface area contributed by atoms with E-state index in [1.54, 1.807) is 44.2 Å². The lowest BCUT2D eigenvalue weighted by atomic mass is 9.92. The van der Waals surface area contributed by atoms with Crippen LogP contribution in [0.4, 0.5) is 5.69 Å². The molecule has 1 heterocycles. The van der Waals surface area contributed by atoms with Crippen LogP contribution in [0.2, 0.25) is 0 Å². The fourth-order valence-corrected chi connectivity index (χ4v) is 3.79. The molecule has 0 spiro atoms. The van der Waals surface area contributed by atoms with Gasteiger partial charge in [0.25, 0.3) is 11.5 Å². The SMILES string of the molecule is COC(=O)C1(O)/C(=C(\O)c2c(C)cc(C)cc2C)C(=O)C(=O)N1c1ccccc1. The zero-order valence-electron chi connectivity index (χ0n) is 16.5. The highest BCUT2D eigenvalue weighted by molar-refractivity contribution is 6.54. The molecule has 1 aliphatic rings. The summed E-state index contributed by atoms with van der Waals surface area (Å²) in [4.78, 5) is 38.9. The summed E-state index contributed by atoms with van der Waals surface area (Å²) in [6, 6.07) is 11.3. The maximum atomic E-state index is 12.9. The van der Waals surface area contributed by atoms with Gasteiger partial charge in [-0.2, -0.15) is 0 Å². The summed E-state index contributed by atoms with van der Waals surface area (Å²) in [5.74, 6) is -4.22. The quantitative estimate of drug-likeness (QED) is 0.358. The van der Waals surface area contributed by atoms with E-state index < -0.39 is 34.7 Å². The monoisotopic (exact) mass is 395 g/mol. The predicted octanol–water partition coefficient (Wildman–Crippen LogP) is 2.36. The van der Waals surface area contributed by atoms with E-state index in [1.807, 2.05) is 6.92 Å². The number of aliphatic hydroxyl groups excluding tert-OH is 1. The molecule has 1 saturated heterocycles. The average molecular weight is 395 g/mol. The standard InChI is InChI=1S/C22H21NO6/c1-12-10-13(2)16(14(3)11-12)18(24)17-19(25)20(26)23(15-8-6-5-7-9-15)22(17,28)21(27)29-4/h5-11,24,28H,1-4H3/b18-17-. The van der Waals surface area contributed by atoms with E-state index >= 15 is 0 Å². The number of rotatable bonds is 3. The molecule has 29 heavy (non-hydrogen) atoms. The van der Waals surface area contributed by atoms with Gasteiger partial charge in [0, 0.05) is 11.3 Å². The number of ether oxygens (including phenoxy) is 1. The topological polar surface area (TPSA) is 104 Å². The zero-order chi connectivity index (χ0) is 21.5. The molecule has 0 bridgehead atoms. The second kappa shape index (κ2) is 7.18. The minimum atomic E-state index is -2.81. The summed E-state index contributed by atoms with van der Waals surface area (Å²) in [6.45, 7) is 5.32. The Labute approximate surface area is 167 Å². The second-order valence-corrected chi connectivity index (χ2v) is 6.97. The Morgan fingerprint density at radius 2 is 1.59 bits per heavy atom. The number of hydrogen-bond donors (Lipinski definition) is 2. The molecule has 0 aromatic heterocycles. The summed E-state index contributed by atoms with van der Waals surface area (Å²) < 4.78 is 4.70. The number of methoxy groups -OCH3 is 1. The Hall–Kier alpha value is -3.45. The number of carbonyl (C=O) groups excluding carboxylic acids is 3. The number of aryl methyl sites for hydroxylation is 3. The smallest absolute Gasteiger partial charge is 0.365 e. The number of nitrogens with zero attached hydrogens (tertiary/aromatic N) is 1. The lowest BCUT2D eigenvalue weighted by Crippen LogP contribution is -2.54. The molecule has 150 valence electrons. The number of hydrogen-bond acceptors (Lipinski definition) is 6. The molecule has 0 saturated carbocycles. The fourth-order valence-electron chi connectivity index (χ4n) is 3.79. The molecule has 2 aromatic rings. The van der Waals surface area contributed by atoms with Gasteiger partial charge in [-0.15, -0.1) is 0 Å². The van der Waals surface area contributed by atoms with Crippen LogP contribution in [0.15, 0.2) is 48.0 Å². The third-order valence-corrected chi connectivity index (χ3v) is 4.93. The number of ketones is 1. The maximum Gasteiger partial charge on any atom is 0.365 e. The summed E-state index contributed by atoms with van der Waals surface area (Å²) >= 11 is 0. The first kappa shape index (κ1) is 20.3. The highest BCUT2D eigenvalue weighted by atomic mass is 16.5. The van der Waals surface area contributed by atoms with Crippen LogP contribution in [0.1, 0.15) is 22.3 Å². The molecule has 7 nitrogen and oxygen atoms in total. The van der Waals surface area contributed by atoms with Gasteiger partial charge in [-0.05, 0) is 44.0 Å². The van der Waals surface area contributed by atoms with Crippen molar-refractivity contribution in [1.82, 2.24) is 0 Å². The van der Waals surface area contributed by atoms with E-state index in [9.17, 15) is 24.6 Å². The van der Waals surface area contributed by atoms with Crippen LogP contribution in [0.5, 0.6) is 0 Å². The van der Waals surface area contributed by atoms with Gasteiger partial charge in [-0.3, -0.25) is 14.5 Å². The predicted molar refractivity (Wildman–Crippen MR) is 106 cm³/mol. The molecule has 1 fully saturated rings. The van der Waals surface area contributed by atoms with Crippen molar-refractivity contribution in [2.75, 3.05) is 12.0 Å². The minimum absolute atomic E-state index is 0.110. The van der Waals surface area contributed by atoms with Crippen LogP contribution in [0.25, 0.3) is 5.76 Å². The van der Waals surface area contributed by atoms with Crippen molar-refractivity contribution < 1.29 is 29.3 Å². The molecule has 1 atom stereocenters. The minimum Gasteiger partial charge on any atom is -0.507 e. The number of benzene rings is 2. The van der Waals surface area contributed by atoms with Crippen LogP contribution in [-0.2, 0) is 19.1 Å². The molecule has 3 rings (SSSR count). The van der Waals surface area contributed by atoms with E-state index in [2.05, 4.69) is 0 Å². The molecule has 2 N–H and O–H groups in total. The molecule has 1 unspecified atom stereocenters. The first-order valence-corrected chi connectivity index (χ1v) is 8.91. The first-order chi connectivity index (χ1) is 13.6. The van der Waals surface area contributed by atoms with E-state index in [4.69, 9.17) is 4.74 Å². The van der Waals surface area contributed by atoms with Crippen molar-refractivity contribution in [3.8, 4) is 0 Å². The third kappa shape index (κ3) is 3.00. The molecule has 0 aliphatic carbocycles. The van der Waals surface area contributed by atoms with Gasteiger partial charge in [-0.1, -0.05) is 35.9 Å². The summed E-state index contributed by atoms with van der Waals surface area (Å²) in [7, 11) is 1.02. The van der Waals surface area contributed by atoms with Crippen LogP contribution in [0.3, 0.4) is 0 Å². The Morgan fingerprint density at radius 3 is 2.10 bits per heavy atom. The molecular formula is C22H21NO6. The molecule has 1 amide bonds. The van der Waals surface area contributed by atoms with Crippen molar-refractivity contribution >= 4 is 29.1 Å². The van der Waals surface area contributed by atoms with Crippen molar-refractivity contribution in [3.63, 3.8) is 0 Å².